The number of nitrogens with zero attached hydrogens (tertiary/aromatic N) is 2. The zero-order valence-electron chi connectivity index (χ0n) is 12.6. The molecule has 2 fully saturated rings. The predicted molar refractivity (Wildman–Crippen MR) is 77.8 cm³/mol. The Bertz CT molecular complexity index is 315. The van der Waals surface area contributed by atoms with E-state index in [0.29, 0.717) is 6.04 Å². The minimum absolute atomic E-state index is 0.156. The second kappa shape index (κ2) is 6.23. The Morgan fingerprint density at radius 1 is 1.32 bits per heavy atom. The Morgan fingerprint density at radius 3 is 2.58 bits per heavy atom. The lowest BCUT2D eigenvalue weighted by Gasteiger charge is -2.39. The number of rotatable bonds is 5. The quantitative estimate of drug-likeness (QED) is 0.820. The fourth-order valence-corrected chi connectivity index (χ4v) is 2.95. The maximum absolute atomic E-state index is 12.5. The van der Waals surface area contributed by atoms with E-state index in [0.717, 1.165) is 32.0 Å². The monoisotopic (exact) mass is 267 g/mol. The number of carbonyl (C=O) groups excluding carboxylic acids is 1. The van der Waals surface area contributed by atoms with E-state index in [9.17, 15) is 4.79 Å². The number of likely N-dealkylation sites (N-methyl/N-ethyl adjacent to an activating group) is 1. The number of amides is 1. The summed E-state index contributed by atoms with van der Waals surface area (Å²) in [6, 6.07) is 0.793. The molecule has 2 atom stereocenters. The minimum atomic E-state index is -0.341. The first-order valence-corrected chi connectivity index (χ1v) is 7.77. The SMILES string of the molecule is CC(C)C(N)C(=O)N1CCCCC1CN(C)C1CC1. The highest BCUT2D eigenvalue weighted by Crippen LogP contribution is 2.27. The molecule has 4 nitrogen and oxygen atoms in total. The van der Waals surface area contributed by atoms with E-state index in [4.69, 9.17) is 5.73 Å². The zero-order chi connectivity index (χ0) is 14.0. The van der Waals surface area contributed by atoms with Gasteiger partial charge in [0.05, 0.1) is 6.04 Å². The molecule has 4 heteroatoms. The Balaban J connectivity index is 1.96. The Hall–Kier alpha value is -0.610. The molecule has 2 unspecified atom stereocenters. The number of carbonyl (C=O) groups is 1. The maximum atomic E-state index is 12.5. The van der Waals surface area contributed by atoms with Gasteiger partial charge in [0.2, 0.25) is 5.91 Å². The summed E-state index contributed by atoms with van der Waals surface area (Å²) in [6.45, 7) is 5.96. The molecule has 0 aromatic carbocycles. The van der Waals surface area contributed by atoms with Crippen LogP contribution in [0, 0.1) is 5.92 Å². The Morgan fingerprint density at radius 2 is 2.00 bits per heavy atom. The van der Waals surface area contributed by atoms with Gasteiger partial charge in [0, 0.05) is 25.2 Å². The van der Waals surface area contributed by atoms with E-state index >= 15 is 0 Å². The van der Waals surface area contributed by atoms with Crippen LogP contribution in [-0.2, 0) is 4.79 Å². The van der Waals surface area contributed by atoms with Gasteiger partial charge >= 0.3 is 0 Å². The van der Waals surface area contributed by atoms with Crippen LogP contribution in [0.5, 0.6) is 0 Å². The van der Waals surface area contributed by atoms with Gasteiger partial charge in [-0.25, -0.2) is 0 Å². The third-order valence-electron chi connectivity index (χ3n) is 4.58. The van der Waals surface area contributed by atoms with E-state index in [-0.39, 0.29) is 17.9 Å². The van der Waals surface area contributed by atoms with Crippen LogP contribution >= 0.6 is 0 Å². The molecule has 0 spiro atoms. The molecule has 2 aliphatic rings. The molecule has 2 rings (SSSR count). The molecule has 1 saturated heterocycles. The lowest BCUT2D eigenvalue weighted by Crippen LogP contribution is -2.55. The zero-order valence-corrected chi connectivity index (χ0v) is 12.6. The van der Waals surface area contributed by atoms with Crippen LogP contribution in [0.15, 0.2) is 0 Å². The van der Waals surface area contributed by atoms with E-state index in [2.05, 4.69) is 16.8 Å². The summed E-state index contributed by atoms with van der Waals surface area (Å²) in [7, 11) is 2.19. The van der Waals surface area contributed by atoms with Crippen molar-refractivity contribution in [3.05, 3.63) is 0 Å². The van der Waals surface area contributed by atoms with Crippen molar-refractivity contribution in [2.24, 2.45) is 11.7 Å². The van der Waals surface area contributed by atoms with Crippen molar-refractivity contribution in [3.8, 4) is 0 Å². The van der Waals surface area contributed by atoms with Crippen molar-refractivity contribution < 1.29 is 4.79 Å². The molecule has 0 aromatic rings. The van der Waals surface area contributed by atoms with Crippen molar-refractivity contribution >= 4 is 5.91 Å². The van der Waals surface area contributed by atoms with Crippen LogP contribution in [0.3, 0.4) is 0 Å². The molecule has 1 amide bonds. The lowest BCUT2D eigenvalue weighted by molar-refractivity contribution is -0.137. The van der Waals surface area contributed by atoms with Gasteiger partial charge in [0.15, 0.2) is 0 Å². The summed E-state index contributed by atoms with van der Waals surface area (Å²) in [6.07, 6.45) is 6.14. The first-order valence-electron chi connectivity index (χ1n) is 7.77. The van der Waals surface area contributed by atoms with Gasteiger partial charge in [-0.2, -0.15) is 0 Å². The Kier molecular flexibility index (Phi) is 4.85. The molecule has 110 valence electrons. The number of hydrogen-bond acceptors (Lipinski definition) is 3. The summed E-state index contributed by atoms with van der Waals surface area (Å²) in [5, 5.41) is 0. The third kappa shape index (κ3) is 3.69. The number of piperidine rings is 1. The highest BCUT2D eigenvalue weighted by Gasteiger charge is 2.34. The topological polar surface area (TPSA) is 49.6 Å². The van der Waals surface area contributed by atoms with Crippen molar-refractivity contribution in [1.29, 1.82) is 0 Å². The molecule has 19 heavy (non-hydrogen) atoms. The van der Waals surface area contributed by atoms with Gasteiger partial charge in [-0.1, -0.05) is 13.8 Å². The van der Waals surface area contributed by atoms with Crippen LogP contribution in [0.1, 0.15) is 46.0 Å². The van der Waals surface area contributed by atoms with Gasteiger partial charge < -0.3 is 15.5 Å². The van der Waals surface area contributed by atoms with Gasteiger partial charge in [-0.15, -0.1) is 0 Å². The average Bonchev–Trinajstić information content (AvgIpc) is 3.21. The van der Waals surface area contributed by atoms with Crippen molar-refractivity contribution in [3.63, 3.8) is 0 Å². The normalized spacial score (nSPS) is 26.0. The number of hydrogen-bond donors (Lipinski definition) is 1. The fraction of sp³-hybridized carbons (Fsp3) is 0.933. The second-order valence-corrected chi connectivity index (χ2v) is 6.62. The molecule has 1 aliphatic carbocycles. The maximum Gasteiger partial charge on any atom is 0.240 e. The van der Waals surface area contributed by atoms with Gasteiger partial charge in [0.1, 0.15) is 0 Å². The second-order valence-electron chi connectivity index (χ2n) is 6.62. The molecule has 1 saturated carbocycles. The highest BCUT2D eigenvalue weighted by atomic mass is 16.2. The molecule has 2 N–H and O–H groups in total. The molecular formula is C15H29N3O. The van der Waals surface area contributed by atoms with Crippen LogP contribution < -0.4 is 5.73 Å². The van der Waals surface area contributed by atoms with Crippen LogP contribution in [0.2, 0.25) is 0 Å². The number of nitrogens with two attached hydrogens (primary N) is 1. The molecular weight excluding hydrogens is 238 g/mol. The molecule has 0 radical (unpaired) electrons. The van der Waals surface area contributed by atoms with E-state index < -0.39 is 0 Å². The van der Waals surface area contributed by atoms with Gasteiger partial charge in [0.25, 0.3) is 0 Å². The third-order valence-corrected chi connectivity index (χ3v) is 4.58. The molecule has 1 aliphatic heterocycles. The predicted octanol–water partition coefficient (Wildman–Crippen LogP) is 1.45. The summed E-state index contributed by atoms with van der Waals surface area (Å²) >= 11 is 0. The standard InChI is InChI=1S/C15H29N3O/c1-11(2)14(16)15(19)18-9-5-4-6-13(18)10-17(3)12-7-8-12/h11-14H,4-10,16H2,1-3H3. The van der Waals surface area contributed by atoms with E-state index in [1.54, 1.807) is 0 Å². The van der Waals surface area contributed by atoms with Crippen LogP contribution in [0.4, 0.5) is 0 Å². The highest BCUT2D eigenvalue weighted by molar-refractivity contribution is 5.82. The number of likely N-dealkylation sites (tertiary alicyclic amines) is 1. The molecule has 0 bridgehead atoms. The summed E-state index contributed by atoms with van der Waals surface area (Å²) < 4.78 is 0. The van der Waals surface area contributed by atoms with E-state index in [1.165, 1.54) is 19.3 Å². The first-order chi connectivity index (χ1) is 9.00. The molecule has 0 aromatic heterocycles. The summed E-state index contributed by atoms with van der Waals surface area (Å²) in [5.74, 6) is 0.375. The van der Waals surface area contributed by atoms with E-state index in [1.807, 2.05) is 13.8 Å². The average molecular weight is 267 g/mol. The Labute approximate surface area is 117 Å². The minimum Gasteiger partial charge on any atom is -0.337 e. The lowest BCUT2D eigenvalue weighted by atomic mass is 9.97. The van der Waals surface area contributed by atoms with Gasteiger partial charge in [-0.3, -0.25) is 4.79 Å². The van der Waals surface area contributed by atoms with Crippen LogP contribution in [0.25, 0.3) is 0 Å². The van der Waals surface area contributed by atoms with Crippen molar-refractivity contribution in [2.45, 2.75) is 64.1 Å². The largest absolute Gasteiger partial charge is 0.337 e. The first kappa shape index (κ1) is 14.8. The summed E-state index contributed by atoms with van der Waals surface area (Å²) in [4.78, 5) is 17.0. The summed E-state index contributed by atoms with van der Waals surface area (Å²) in [5.41, 5.74) is 6.05. The fourth-order valence-electron chi connectivity index (χ4n) is 2.95. The van der Waals surface area contributed by atoms with Crippen LogP contribution in [-0.4, -0.2) is 54.0 Å². The molecule has 1 heterocycles. The van der Waals surface area contributed by atoms with Gasteiger partial charge in [-0.05, 0) is 45.1 Å². The van der Waals surface area contributed by atoms with Crippen molar-refractivity contribution in [2.75, 3.05) is 20.1 Å². The van der Waals surface area contributed by atoms with Crippen molar-refractivity contribution in [1.82, 2.24) is 9.80 Å². The smallest absolute Gasteiger partial charge is 0.240 e.